The van der Waals surface area contributed by atoms with E-state index in [1.54, 1.807) is 12.1 Å². The van der Waals surface area contributed by atoms with E-state index in [1.807, 2.05) is 26.0 Å². The molecule has 1 aliphatic rings. The number of benzene rings is 1. The first kappa shape index (κ1) is 13.4. The van der Waals surface area contributed by atoms with Gasteiger partial charge in [-0.2, -0.15) is 0 Å². The van der Waals surface area contributed by atoms with Crippen LogP contribution in [0.1, 0.15) is 25.8 Å². The minimum atomic E-state index is -0.653. The maximum atomic E-state index is 12.3. The van der Waals surface area contributed by atoms with Crippen LogP contribution in [0.4, 0.5) is 5.69 Å². The zero-order valence-electron chi connectivity index (χ0n) is 11.2. The Hall–Kier alpha value is -2.04. The van der Waals surface area contributed by atoms with Crippen LogP contribution in [0.2, 0.25) is 0 Å². The highest BCUT2D eigenvalue weighted by atomic mass is 16.2. The summed E-state index contributed by atoms with van der Waals surface area (Å²) in [6.45, 7) is 4.22. The fourth-order valence-electron chi connectivity index (χ4n) is 2.10. The van der Waals surface area contributed by atoms with Gasteiger partial charge < -0.3 is 16.4 Å². The SMILES string of the molecule is CC(C)(C(=O)NC1CNC(=O)C1)c1ccc(N)cc1. The number of hydrogen-bond donors (Lipinski definition) is 3. The van der Waals surface area contributed by atoms with Crippen molar-refractivity contribution in [1.29, 1.82) is 0 Å². The molecule has 0 aliphatic carbocycles. The third-order valence-corrected chi connectivity index (χ3v) is 3.51. The fourth-order valence-corrected chi connectivity index (χ4v) is 2.10. The average molecular weight is 261 g/mol. The lowest BCUT2D eigenvalue weighted by Gasteiger charge is -2.26. The van der Waals surface area contributed by atoms with Crippen molar-refractivity contribution in [2.75, 3.05) is 12.3 Å². The van der Waals surface area contributed by atoms with E-state index in [9.17, 15) is 9.59 Å². The summed E-state index contributed by atoms with van der Waals surface area (Å²) in [7, 11) is 0. The van der Waals surface area contributed by atoms with Crippen molar-refractivity contribution in [1.82, 2.24) is 10.6 Å². The van der Waals surface area contributed by atoms with E-state index in [0.717, 1.165) is 5.56 Å². The predicted octanol–water partition coefficient (Wildman–Crippen LogP) is 0.551. The molecule has 0 spiro atoms. The summed E-state index contributed by atoms with van der Waals surface area (Å²) in [6, 6.07) is 7.16. The van der Waals surface area contributed by atoms with Crippen LogP contribution in [-0.2, 0) is 15.0 Å². The van der Waals surface area contributed by atoms with Gasteiger partial charge in [-0.1, -0.05) is 12.1 Å². The van der Waals surface area contributed by atoms with Gasteiger partial charge in [-0.15, -0.1) is 0 Å². The molecule has 1 aromatic rings. The van der Waals surface area contributed by atoms with Crippen LogP contribution in [0, 0.1) is 0 Å². The quantitative estimate of drug-likeness (QED) is 0.695. The largest absolute Gasteiger partial charge is 0.399 e. The number of amides is 2. The molecule has 102 valence electrons. The van der Waals surface area contributed by atoms with Gasteiger partial charge in [0, 0.05) is 18.7 Å². The summed E-state index contributed by atoms with van der Waals surface area (Å²) in [5.41, 5.74) is 6.56. The number of nitrogen functional groups attached to an aromatic ring is 1. The number of nitrogens with two attached hydrogens (primary N) is 1. The van der Waals surface area contributed by atoms with Crippen molar-refractivity contribution in [3.63, 3.8) is 0 Å². The van der Waals surface area contributed by atoms with Gasteiger partial charge in [0.15, 0.2) is 0 Å². The minimum Gasteiger partial charge on any atom is -0.399 e. The zero-order chi connectivity index (χ0) is 14.0. The topological polar surface area (TPSA) is 84.2 Å². The zero-order valence-corrected chi connectivity index (χ0v) is 11.2. The van der Waals surface area contributed by atoms with E-state index < -0.39 is 5.41 Å². The first-order chi connectivity index (χ1) is 8.89. The van der Waals surface area contributed by atoms with Gasteiger partial charge in [-0.3, -0.25) is 9.59 Å². The van der Waals surface area contributed by atoms with Gasteiger partial charge in [0.25, 0.3) is 0 Å². The van der Waals surface area contributed by atoms with Gasteiger partial charge in [0.05, 0.1) is 11.5 Å². The molecule has 19 heavy (non-hydrogen) atoms. The number of hydrogen-bond acceptors (Lipinski definition) is 3. The molecule has 1 aromatic carbocycles. The molecule has 5 heteroatoms. The Morgan fingerprint density at radius 2 is 2.00 bits per heavy atom. The maximum absolute atomic E-state index is 12.3. The van der Waals surface area contributed by atoms with Crippen LogP contribution in [0.3, 0.4) is 0 Å². The van der Waals surface area contributed by atoms with Crippen molar-refractivity contribution in [3.8, 4) is 0 Å². The maximum Gasteiger partial charge on any atom is 0.230 e. The van der Waals surface area contributed by atoms with Gasteiger partial charge in [-0.25, -0.2) is 0 Å². The molecule has 0 bridgehead atoms. The molecule has 5 nitrogen and oxygen atoms in total. The molecule has 0 aromatic heterocycles. The van der Waals surface area contributed by atoms with Crippen molar-refractivity contribution < 1.29 is 9.59 Å². The van der Waals surface area contributed by atoms with Crippen LogP contribution in [-0.4, -0.2) is 24.4 Å². The van der Waals surface area contributed by atoms with Crippen molar-refractivity contribution in [2.24, 2.45) is 0 Å². The number of nitrogens with one attached hydrogen (secondary N) is 2. The van der Waals surface area contributed by atoms with Gasteiger partial charge in [0.2, 0.25) is 11.8 Å². The molecule has 1 saturated heterocycles. The second-order valence-corrected chi connectivity index (χ2v) is 5.43. The van der Waals surface area contributed by atoms with Crippen LogP contribution in [0.5, 0.6) is 0 Å². The molecule has 1 unspecified atom stereocenters. The molecular weight excluding hydrogens is 242 g/mol. The standard InChI is InChI=1S/C14H19N3O2/c1-14(2,9-3-5-10(15)6-4-9)13(19)17-11-7-12(18)16-8-11/h3-6,11H,7-8,15H2,1-2H3,(H,16,18)(H,17,19). The Morgan fingerprint density at radius 3 is 2.53 bits per heavy atom. The Bertz CT molecular complexity index is 494. The van der Waals surface area contributed by atoms with Crippen LogP contribution in [0.15, 0.2) is 24.3 Å². The van der Waals surface area contributed by atoms with Crippen LogP contribution < -0.4 is 16.4 Å². The van der Waals surface area contributed by atoms with Crippen molar-refractivity contribution in [3.05, 3.63) is 29.8 Å². The van der Waals surface area contributed by atoms with Gasteiger partial charge in [-0.05, 0) is 31.5 Å². The lowest BCUT2D eigenvalue weighted by atomic mass is 9.83. The highest BCUT2D eigenvalue weighted by Crippen LogP contribution is 2.24. The summed E-state index contributed by atoms with van der Waals surface area (Å²) in [6.07, 6.45) is 0.351. The van der Waals surface area contributed by atoms with E-state index in [0.29, 0.717) is 18.7 Å². The smallest absolute Gasteiger partial charge is 0.230 e. The van der Waals surface area contributed by atoms with E-state index in [1.165, 1.54) is 0 Å². The molecule has 0 saturated carbocycles. The number of rotatable bonds is 3. The van der Waals surface area contributed by atoms with Crippen molar-refractivity contribution in [2.45, 2.75) is 31.7 Å². The van der Waals surface area contributed by atoms with Crippen LogP contribution in [0.25, 0.3) is 0 Å². The minimum absolute atomic E-state index is 0.0180. The predicted molar refractivity (Wildman–Crippen MR) is 73.4 cm³/mol. The number of anilines is 1. The Balaban J connectivity index is 2.08. The van der Waals surface area contributed by atoms with E-state index in [2.05, 4.69) is 10.6 Å². The second kappa shape index (κ2) is 4.91. The second-order valence-electron chi connectivity index (χ2n) is 5.43. The Morgan fingerprint density at radius 1 is 1.37 bits per heavy atom. The third-order valence-electron chi connectivity index (χ3n) is 3.51. The van der Waals surface area contributed by atoms with E-state index >= 15 is 0 Å². The summed E-state index contributed by atoms with van der Waals surface area (Å²) >= 11 is 0. The Labute approximate surface area is 112 Å². The molecular formula is C14H19N3O2. The third kappa shape index (κ3) is 2.86. The summed E-state index contributed by atoms with van der Waals surface area (Å²) in [4.78, 5) is 23.4. The number of carbonyl (C=O) groups excluding carboxylic acids is 2. The molecule has 1 heterocycles. The normalized spacial score (nSPS) is 19.1. The lowest BCUT2D eigenvalue weighted by Crippen LogP contribution is -2.45. The van der Waals surface area contributed by atoms with Crippen LogP contribution >= 0.6 is 0 Å². The van der Waals surface area contributed by atoms with Gasteiger partial charge >= 0.3 is 0 Å². The van der Waals surface area contributed by atoms with E-state index in [-0.39, 0.29) is 17.9 Å². The first-order valence-corrected chi connectivity index (χ1v) is 6.33. The molecule has 0 radical (unpaired) electrons. The average Bonchev–Trinajstić information content (AvgIpc) is 2.75. The summed E-state index contributed by atoms with van der Waals surface area (Å²) in [5.74, 6) is -0.102. The highest BCUT2D eigenvalue weighted by Gasteiger charge is 2.33. The molecule has 1 atom stereocenters. The molecule has 2 amide bonds. The highest BCUT2D eigenvalue weighted by molar-refractivity contribution is 5.89. The summed E-state index contributed by atoms with van der Waals surface area (Å²) < 4.78 is 0. The molecule has 1 aliphatic heterocycles. The summed E-state index contributed by atoms with van der Waals surface area (Å²) in [5, 5.41) is 5.61. The molecule has 4 N–H and O–H groups in total. The lowest BCUT2D eigenvalue weighted by molar-refractivity contribution is -0.126. The first-order valence-electron chi connectivity index (χ1n) is 6.33. The van der Waals surface area contributed by atoms with Crippen molar-refractivity contribution >= 4 is 17.5 Å². The number of carbonyl (C=O) groups is 2. The van der Waals surface area contributed by atoms with E-state index in [4.69, 9.17) is 5.73 Å². The fraction of sp³-hybridized carbons (Fsp3) is 0.429. The Kier molecular flexibility index (Phi) is 3.46. The monoisotopic (exact) mass is 261 g/mol. The molecule has 1 fully saturated rings. The van der Waals surface area contributed by atoms with Gasteiger partial charge in [0.1, 0.15) is 0 Å². The molecule has 2 rings (SSSR count).